The molecular weight excluding hydrogens is 170 g/mol. The molecule has 1 aliphatic carbocycles. The van der Waals surface area contributed by atoms with Crippen molar-refractivity contribution in [2.24, 2.45) is 5.92 Å². The summed E-state index contributed by atoms with van der Waals surface area (Å²) in [5.74, 6) is -0.184. The lowest BCUT2D eigenvalue weighted by molar-refractivity contribution is -0.145. The summed E-state index contributed by atoms with van der Waals surface area (Å²) in [4.78, 5) is 11.2. The lowest BCUT2D eigenvalue weighted by Crippen LogP contribution is -2.23. The summed E-state index contributed by atoms with van der Waals surface area (Å²) in [6, 6.07) is 0. The molecule has 0 saturated heterocycles. The van der Waals surface area contributed by atoms with Crippen LogP contribution in [0, 0.1) is 5.92 Å². The van der Waals surface area contributed by atoms with Crippen LogP contribution >= 0.6 is 0 Å². The minimum atomic E-state index is -0.145. The quantitative estimate of drug-likeness (QED) is 0.623. The molecule has 0 radical (unpaired) electrons. The van der Waals surface area contributed by atoms with Crippen LogP contribution in [0.2, 0.25) is 0 Å². The molecule has 70 valence electrons. The normalized spacial score (nSPS) is 20.8. The zero-order valence-electron chi connectivity index (χ0n) is 7.41. The number of nitrogens with zero attached hydrogens (tertiary/aromatic N) is 2. The maximum atomic E-state index is 11.2. The fourth-order valence-corrected chi connectivity index (χ4v) is 1.65. The molecule has 0 bridgehead atoms. The average Bonchev–Trinajstić information content (AvgIpc) is 2.63. The molecule has 0 aromatic carbocycles. The molecule has 0 amide bonds. The summed E-state index contributed by atoms with van der Waals surface area (Å²) in [6.45, 7) is 0. The van der Waals surface area contributed by atoms with Gasteiger partial charge in [-0.05, 0) is 12.8 Å². The van der Waals surface area contributed by atoms with Crippen molar-refractivity contribution in [3.63, 3.8) is 0 Å². The molecule has 1 unspecified atom stereocenters. The van der Waals surface area contributed by atoms with Gasteiger partial charge in [-0.2, -0.15) is 15.4 Å². The van der Waals surface area contributed by atoms with E-state index in [1.807, 2.05) is 0 Å². The van der Waals surface area contributed by atoms with Crippen LogP contribution in [-0.2, 0) is 22.4 Å². The second kappa shape index (κ2) is 3.16. The fraction of sp³-hybridized carbons (Fsp3) is 0.625. The Kier molecular flexibility index (Phi) is 2.00. The molecule has 0 spiro atoms. The van der Waals surface area contributed by atoms with E-state index < -0.39 is 0 Å². The van der Waals surface area contributed by atoms with Crippen molar-refractivity contribution in [1.82, 2.24) is 15.4 Å². The van der Waals surface area contributed by atoms with Crippen LogP contribution in [0.3, 0.4) is 0 Å². The van der Waals surface area contributed by atoms with Gasteiger partial charge in [0.1, 0.15) is 0 Å². The van der Waals surface area contributed by atoms with Crippen molar-refractivity contribution in [3.8, 4) is 0 Å². The van der Waals surface area contributed by atoms with E-state index in [9.17, 15) is 4.79 Å². The van der Waals surface area contributed by atoms with Crippen molar-refractivity contribution < 1.29 is 9.53 Å². The van der Waals surface area contributed by atoms with Gasteiger partial charge >= 0.3 is 5.97 Å². The molecular formula is C8H11N3O2. The summed E-state index contributed by atoms with van der Waals surface area (Å²) in [7, 11) is 1.42. The van der Waals surface area contributed by atoms with Crippen molar-refractivity contribution in [1.29, 1.82) is 0 Å². The fourth-order valence-electron chi connectivity index (χ4n) is 1.65. The Morgan fingerprint density at radius 1 is 1.54 bits per heavy atom. The summed E-state index contributed by atoms with van der Waals surface area (Å²) in [5, 5.41) is 10.5. The number of esters is 1. The van der Waals surface area contributed by atoms with E-state index in [1.54, 1.807) is 0 Å². The SMILES string of the molecule is COC(=O)C1CCc2n[nH]nc2C1. The lowest BCUT2D eigenvalue weighted by Gasteiger charge is -2.17. The van der Waals surface area contributed by atoms with Crippen molar-refractivity contribution >= 4 is 5.97 Å². The Hall–Kier alpha value is -1.39. The maximum absolute atomic E-state index is 11.2. The van der Waals surface area contributed by atoms with Crippen molar-refractivity contribution in [2.75, 3.05) is 7.11 Å². The van der Waals surface area contributed by atoms with Crippen LogP contribution in [0.5, 0.6) is 0 Å². The van der Waals surface area contributed by atoms with Gasteiger partial charge in [-0.1, -0.05) is 0 Å². The molecule has 1 heterocycles. The second-order valence-electron chi connectivity index (χ2n) is 3.18. The van der Waals surface area contributed by atoms with Crippen LogP contribution in [0.25, 0.3) is 0 Å². The predicted octanol–water partition coefficient (Wildman–Crippen LogP) is 0.0826. The Bertz CT molecular complexity index is 321. The van der Waals surface area contributed by atoms with E-state index in [0.717, 1.165) is 24.2 Å². The third-order valence-corrected chi connectivity index (χ3v) is 2.41. The molecule has 1 aromatic rings. The number of nitrogens with one attached hydrogen (secondary N) is 1. The van der Waals surface area contributed by atoms with Gasteiger partial charge in [0.25, 0.3) is 0 Å². The first-order chi connectivity index (χ1) is 6.31. The summed E-state index contributed by atoms with van der Waals surface area (Å²) in [5.41, 5.74) is 1.89. The third-order valence-electron chi connectivity index (χ3n) is 2.41. The lowest BCUT2D eigenvalue weighted by atomic mass is 9.90. The van der Waals surface area contributed by atoms with Gasteiger partial charge < -0.3 is 4.74 Å². The largest absolute Gasteiger partial charge is 0.469 e. The molecule has 1 N–H and O–H groups in total. The highest BCUT2D eigenvalue weighted by atomic mass is 16.5. The predicted molar refractivity (Wildman–Crippen MR) is 43.9 cm³/mol. The summed E-state index contributed by atoms with van der Waals surface area (Å²) < 4.78 is 4.68. The van der Waals surface area contributed by atoms with Crippen LogP contribution in [-0.4, -0.2) is 28.5 Å². The van der Waals surface area contributed by atoms with Crippen molar-refractivity contribution in [3.05, 3.63) is 11.4 Å². The standard InChI is InChI=1S/C8H11N3O2/c1-13-8(12)5-2-3-6-7(4-5)10-11-9-6/h5H,2-4H2,1H3,(H,9,10,11). The van der Waals surface area contributed by atoms with E-state index in [0.29, 0.717) is 6.42 Å². The molecule has 0 fully saturated rings. The molecule has 1 aromatic heterocycles. The number of methoxy groups -OCH3 is 1. The Labute approximate surface area is 75.5 Å². The first-order valence-electron chi connectivity index (χ1n) is 4.27. The monoisotopic (exact) mass is 181 g/mol. The second-order valence-corrected chi connectivity index (χ2v) is 3.18. The van der Waals surface area contributed by atoms with Gasteiger partial charge in [0.15, 0.2) is 0 Å². The number of carbonyl (C=O) groups excluding carboxylic acids is 1. The number of carbonyl (C=O) groups is 1. The van der Waals surface area contributed by atoms with E-state index in [2.05, 4.69) is 20.1 Å². The molecule has 0 aliphatic heterocycles. The highest BCUT2D eigenvalue weighted by Gasteiger charge is 2.27. The van der Waals surface area contributed by atoms with E-state index in [1.165, 1.54) is 7.11 Å². The topological polar surface area (TPSA) is 67.9 Å². The van der Waals surface area contributed by atoms with Crippen LogP contribution in [0.15, 0.2) is 0 Å². The number of rotatable bonds is 1. The van der Waals surface area contributed by atoms with Crippen LogP contribution < -0.4 is 0 Å². The third kappa shape index (κ3) is 1.41. The number of aryl methyl sites for hydroxylation is 1. The van der Waals surface area contributed by atoms with Gasteiger partial charge in [0.2, 0.25) is 0 Å². The first-order valence-corrected chi connectivity index (χ1v) is 4.27. The van der Waals surface area contributed by atoms with Crippen molar-refractivity contribution in [2.45, 2.75) is 19.3 Å². The number of fused-ring (bicyclic) bond motifs is 1. The number of hydrogen-bond donors (Lipinski definition) is 1. The minimum absolute atomic E-state index is 0.0393. The number of aromatic amines is 1. The summed E-state index contributed by atoms with van der Waals surface area (Å²) in [6.07, 6.45) is 2.27. The van der Waals surface area contributed by atoms with Gasteiger partial charge in [-0.15, -0.1) is 0 Å². The Morgan fingerprint density at radius 3 is 3.08 bits per heavy atom. The Morgan fingerprint density at radius 2 is 2.31 bits per heavy atom. The molecule has 1 atom stereocenters. The first kappa shape index (κ1) is 8.22. The smallest absolute Gasteiger partial charge is 0.309 e. The van der Waals surface area contributed by atoms with Crippen LogP contribution in [0.4, 0.5) is 0 Å². The van der Waals surface area contributed by atoms with E-state index in [4.69, 9.17) is 0 Å². The van der Waals surface area contributed by atoms with Gasteiger partial charge in [0, 0.05) is 6.42 Å². The highest BCUT2D eigenvalue weighted by Crippen LogP contribution is 2.22. The van der Waals surface area contributed by atoms with Gasteiger partial charge in [-0.3, -0.25) is 4.79 Å². The van der Waals surface area contributed by atoms with E-state index in [-0.39, 0.29) is 11.9 Å². The number of aromatic nitrogens is 3. The zero-order valence-corrected chi connectivity index (χ0v) is 7.41. The summed E-state index contributed by atoms with van der Waals surface area (Å²) >= 11 is 0. The van der Waals surface area contributed by atoms with Crippen LogP contribution in [0.1, 0.15) is 17.8 Å². The van der Waals surface area contributed by atoms with Gasteiger partial charge in [-0.25, -0.2) is 0 Å². The number of hydrogen-bond acceptors (Lipinski definition) is 4. The molecule has 5 heteroatoms. The molecule has 2 rings (SSSR count). The maximum Gasteiger partial charge on any atom is 0.309 e. The number of H-pyrrole nitrogens is 1. The number of ether oxygens (including phenoxy) is 1. The minimum Gasteiger partial charge on any atom is -0.469 e. The van der Waals surface area contributed by atoms with E-state index >= 15 is 0 Å². The Balaban J connectivity index is 2.13. The molecule has 5 nitrogen and oxygen atoms in total. The average molecular weight is 181 g/mol. The molecule has 13 heavy (non-hydrogen) atoms. The highest BCUT2D eigenvalue weighted by molar-refractivity contribution is 5.72. The zero-order chi connectivity index (χ0) is 9.26. The molecule has 0 saturated carbocycles. The molecule has 1 aliphatic rings. The van der Waals surface area contributed by atoms with Gasteiger partial charge in [0.05, 0.1) is 24.4 Å².